The Morgan fingerprint density at radius 3 is 2.85 bits per heavy atom. The maximum atomic E-state index is 10.4. The average molecular weight is 383 g/mol. The number of carbonyl (C=O) groups is 1. The lowest BCUT2D eigenvalue weighted by Gasteiger charge is -1.93. The quantitative estimate of drug-likeness (QED) is 0.502. The van der Waals surface area contributed by atoms with Gasteiger partial charge in [-0.1, -0.05) is 30.0 Å². The van der Waals surface area contributed by atoms with Crippen LogP contribution >= 0.6 is 23.1 Å². The largest absolute Gasteiger partial charge is 0.481 e. The Labute approximate surface area is 160 Å². The van der Waals surface area contributed by atoms with Gasteiger partial charge < -0.3 is 9.52 Å². The molecule has 132 valence electrons. The molecule has 0 fully saturated rings. The molecular weight excluding hydrogens is 366 g/mol. The van der Waals surface area contributed by atoms with Crippen LogP contribution in [0, 0.1) is 18.8 Å². The molecule has 0 aliphatic rings. The van der Waals surface area contributed by atoms with E-state index in [1.165, 1.54) is 16.6 Å². The second kappa shape index (κ2) is 8.75. The van der Waals surface area contributed by atoms with E-state index in [9.17, 15) is 4.79 Å². The lowest BCUT2D eigenvalue weighted by molar-refractivity contribution is -0.133. The molecule has 6 heteroatoms. The third-order valence-corrected chi connectivity index (χ3v) is 5.33. The summed E-state index contributed by atoms with van der Waals surface area (Å²) < 4.78 is 5.81. The lowest BCUT2D eigenvalue weighted by atomic mass is 10.2. The van der Waals surface area contributed by atoms with Gasteiger partial charge in [0.15, 0.2) is 0 Å². The van der Waals surface area contributed by atoms with Gasteiger partial charge >= 0.3 is 5.97 Å². The van der Waals surface area contributed by atoms with Gasteiger partial charge in [-0.15, -0.1) is 23.1 Å². The van der Waals surface area contributed by atoms with Crippen molar-refractivity contribution in [2.45, 2.75) is 13.3 Å². The Morgan fingerprint density at radius 2 is 2.08 bits per heavy atom. The van der Waals surface area contributed by atoms with Crippen molar-refractivity contribution in [2.75, 3.05) is 11.5 Å². The molecule has 0 saturated heterocycles. The molecule has 0 aliphatic carbocycles. The number of nitrogens with zero attached hydrogens (tertiary/aromatic N) is 1. The molecule has 3 aromatic rings. The van der Waals surface area contributed by atoms with E-state index in [2.05, 4.69) is 22.9 Å². The number of thiophene rings is 1. The van der Waals surface area contributed by atoms with E-state index in [4.69, 9.17) is 9.52 Å². The highest BCUT2D eigenvalue weighted by atomic mass is 32.2. The van der Waals surface area contributed by atoms with Gasteiger partial charge in [0.2, 0.25) is 5.89 Å². The first-order valence-electron chi connectivity index (χ1n) is 8.00. The summed E-state index contributed by atoms with van der Waals surface area (Å²) in [6, 6.07) is 13.9. The normalized spacial score (nSPS) is 10.3. The van der Waals surface area contributed by atoms with E-state index in [1.54, 1.807) is 11.3 Å². The number of aliphatic carboxylic acids is 1. The number of rotatable bonds is 6. The Hall–Kier alpha value is -2.49. The smallest absolute Gasteiger partial charge is 0.313 e. The fourth-order valence-corrected chi connectivity index (χ4v) is 3.65. The van der Waals surface area contributed by atoms with Gasteiger partial charge in [-0.05, 0) is 31.2 Å². The second-order valence-corrected chi connectivity index (χ2v) is 7.67. The van der Waals surface area contributed by atoms with Crippen LogP contribution in [-0.4, -0.2) is 27.6 Å². The Kier molecular flexibility index (Phi) is 6.16. The molecule has 0 unspecified atom stereocenters. The molecule has 1 aromatic carbocycles. The zero-order valence-electron chi connectivity index (χ0n) is 14.2. The first kappa shape index (κ1) is 18.3. The van der Waals surface area contributed by atoms with Gasteiger partial charge in [0.25, 0.3) is 0 Å². The highest BCUT2D eigenvalue weighted by Gasteiger charge is 2.12. The van der Waals surface area contributed by atoms with Gasteiger partial charge in [0.05, 0.1) is 22.1 Å². The standard InChI is InChI=1S/C20H17NO3S2/c1-14-18(21-20(24-14)15-6-3-2-4-7-15)12-17-10-9-16(26-17)8-5-11-25-13-19(22)23/h2-4,6-7,9-10H,11-13H2,1H3,(H,22,23). The third kappa shape index (κ3) is 5.01. The van der Waals surface area contributed by atoms with E-state index < -0.39 is 5.97 Å². The fraction of sp³-hybridized carbons (Fsp3) is 0.200. The lowest BCUT2D eigenvalue weighted by Crippen LogP contribution is -1.97. The highest BCUT2D eigenvalue weighted by Crippen LogP contribution is 2.25. The number of thioether (sulfide) groups is 1. The average Bonchev–Trinajstić information content (AvgIpc) is 3.22. The maximum absolute atomic E-state index is 10.4. The van der Waals surface area contributed by atoms with Crippen molar-refractivity contribution in [1.82, 2.24) is 4.98 Å². The number of aromatic nitrogens is 1. The number of aryl methyl sites for hydroxylation is 1. The Bertz CT molecular complexity index is 948. The van der Waals surface area contributed by atoms with Crippen molar-refractivity contribution >= 4 is 29.1 Å². The van der Waals surface area contributed by atoms with Crippen LogP contribution in [0.5, 0.6) is 0 Å². The molecule has 0 bridgehead atoms. The first-order valence-corrected chi connectivity index (χ1v) is 9.98. The minimum atomic E-state index is -0.812. The van der Waals surface area contributed by atoms with Crippen molar-refractivity contribution in [2.24, 2.45) is 0 Å². The fourth-order valence-electron chi connectivity index (χ4n) is 2.31. The molecule has 0 aliphatic heterocycles. The summed E-state index contributed by atoms with van der Waals surface area (Å²) in [5.41, 5.74) is 1.90. The Morgan fingerprint density at radius 1 is 1.27 bits per heavy atom. The number of hydrogen-bond acceptors (Lipinski definition) is 5. The van der Waals surface area contributed by atoms with Crippen molar-refractivity contribution in [3.63, 3.8) is 0 Å². The predicted molar refractivity (Wildman–Crippen MR) is 106 cm³/mol. The minimum Gasteiger partial charge on any atom is -0.481 e. The van der Waals surface area contributed by atoms with E-state index in [0.717, 1.165) is 21.9 Å². The van der Waals surface area contributed by atoms with Gasteiger partial charge in [0.1, 0.15) is 5.76 Å². The highest BCUT2D eigenvalue weighted by molar-refractivity contribution is 8.00. The van der Waals surface area contributed by atoms with E-state index in [1.807, 2.05) is 43.3 Å². The van der Waals surface area contributed by atoms with Crippen LogP contribution in [0.2, 0.25) is 0 Å². The van der Waals surface area contributed by atoms with Gasteiger partial charge in [-0.3, -0.25) is 4.79 Å². The van der Waals surface area contributed by atoms with Crippen molar-refractivity contribution in [3.8, 4) is 23.3 Å². The molecular formula is C20H17NO3S2. The number of hydrogen-bond donors (Lipinski definition) is 1. The van der Waals surface area contributed by atoms with E-state index in [0.29, 0.717) is 18.1 Å². The van der Waals surface area contributed by atoms with Crippen molar-refractivity contribution in [3.05, 3.63) is 63.7 Å². The summed E-state index contributed by atoms with van der Waals surface area (Å²) in [6.45, 7) is 1.93. The molecule has 2 aromatic heterocycles. The summed E-state index contributed by atoms with van der Waals surface area (Å²) in [4.78, 5) is 17.2. The van der Waals surface area contributed by atoms with E-state index in [-0.39, 0.29) is 5.75 Å². The van der Waals surface area contributed by atoms with Crippen molar-refractivity contribution in [1.29, 1.82) is 0 Å². The molecule has 0 amide bonds. The van der Waals surface area contributed by atoms with Gasteiger partial charge in [-0.2, -0.15) is 0 Å². The van der Waals surface area contributed by atoms with Crippen LogP contribution in [0.3, 0.4) is 0 Å². The van der Waals surface area contributed by atoms with Gasteiger partial charge in [0, 0.05) is 16.9 Å². The number of benzene rings is 1. The molecule has 1 N–H and O–H groups in total. The summed E-state index contributed by atoms with van der Waals surface area (Å²) in [7, 11) is 0. The maximum Gasteiger partial charge on any atom is 0.313 e. The zero-order valence-corrected chi connectivity index (χ0v) is 15.8. The molecule has 2 heterocycles. The van der Waals surface area contributed by atoms with Crippen LogP contribution in [0.25, 0.3) is 11.5 Å². The first-order chi connectivity index (χ1) is 12.6. The topological polar surface area (TPSA) is 63.3 Å². The third-order valence-electron chi connectivity index (χ3n) is 3.53. The van der Waals surface area contributed by atoms with Gasteiger partial charge in [-0.25, -0.2) is 4.98 Å². The minimum absolute atomic E-state index is 0.0829. The molecule has 3 rings (SSSR count). The molecule has 0 saturated carbocycles. The summed E-state index contributed by atoms with van der Waals surface area (Å²) in [6.07, 6.45) is 0.711. The van der Waals surface area contributed by atoms with Crippen LogP contribution in [0.4, 0.5) is 0 Å². The molecule has 4 nitrogen and oxygen atoms in total. The number of oxazole rings is 1. The Balaban J connectivity index is 1.64. The summed E-state index contributed by atoms with van der Waals surface area (Å²) in [5.74, 6) is 7.34. The molecule has 0 atom stereocenters. The summed E-state index contributed by atoms with van der Waals surface area (Å²) in [5, 5.41) is 8.59. The van der Waals surface area contributed by atoms with Crippen LogP contribution in [-0.2, 0) is 11.2 Å². The molecule has 0 spiro atoms. The van der Waals surface area contributed by atoms with Crippen molar-refractivity contribution < 1.29 is 14.3 Å². The van der Waals surface area contributed by atoms with E-state index >= 15 is 0 Å². The van der Waals surface area contributed by atoms with Crippen LogP contribution < -0.4 is 0 Å². The summed E-state index contributed by atoms with van der Waals surface area (Å²) >= 11 is 2.93. The van der Waals surface area contributed by atoms with Crippen LogP contribution in [0.15, 0.2) is 46.9 Å². The SMILES string of the molecule is Cc1oc(-c2ccccc2)nc1Cc1ccc(C#CCSCC(=O)O)s1. The number of carboxylic acids is 1. The monoisotopic (exact) mass is 383 g/mol. The second-order valence-electron chi connectivity index (χ2n) is 5.52. The van der Waals surface area contributed by atoms with Crippen LogP contribution in [0.1, 0.15) is 21.2 Å². The molecule has 0 radical (unpaired) electrons. The predicted octanol–water partition coefficient (Wildman–Crippen LogP) is 4.47. The zero-order chi connectivity index (χ0) is 18.4. The number of carboxylic acid groups (broad SMARTS) is 1. The molecule has 26 heavy (non-hydrogen) atoms.